The molecule has 4 heterocycles. The number of nitrogens with one attached hydrogen (secondary N) is 3. The van der Waals surface area contributed by atoms with E-state index in [9.17, 15) is 9.59 Å². The van der Waals surface area contributed by atoms with Crippen LogP contribution in [0.15, 0.2) is 71.7 Å². The van der Waals surface area contributed by atoms with Crippen molar-refractivity contribution in [3.05, 3.63) is 88.5 Å². The number of piperazine rings is 1. The molecular formula is C28H29N7O2. The zero-order valence-corrected chi connectivity index (χ0v) is 20.9. The second-order valence-electron chi connectivity index (χ2n) is 9.42. The largest absolute Gasteiger partial charge is 0.368 e. The van der Waals surface area contributed by atoms with E-state index in [-0.39, 0.29) is 17.6 Å². The number of aromatic nitrogens is 2. The fraction of sp³-hybridized carbons (Fsp3) is 0.250. The zero-order valence-electron chi connectivity index (χ0n) is 20.9. The number of H-pyrrole nitrogens is 1. The van der Waals surface area contributed by atoms with Gasteiger partial charge in [-0.3, -0.25) is 14.6 Å². The second kappa shape index (κ2) is 9.16. The molecule has 3 N–H and O–H groups in total. The number of anilines is 4. The molecule has 188 valence electrons. The van der Waals surface area contributed by atoms with Gasteiger partial charge in [0, 0.05) is 69.1 Å². The van der Waals surface area contributed by atoms with Gasteiger partial charge in [-0.15, -0.1) is 0 Å². The molecule has 9 heteroatoms. The molecule has 1 aromatic heterocycles. The Morgan fingerprint density at radius 3 is 2.46 bits per heavy atom. The highest BCUT2D eigenvalue weighted by atomic mass is 16.1. The first-order chi connectivity index (χ1) is 18.0. The van der Waals surface area contributed by atoms with Gasteiger partial charge in [0.1, 0.15) is 11.9 Å². The lowest BCUT2D eigenvalue weighted by Gasteiger charge is -2.37. The van der Waals surface area contributed by atoms with Crippen LogP contribution >= 0.6 is 0 Å². The van der Waals surface area contributed by atoms with E-state index in [0.29, 0.717) is 5.69 Å². The normalized spacial score (nSPS) is 17.0. The third-order valence-corrected chi connectivity index (χ3v) is 7.35. The first-order valence-corrected chi connectivity index (χ1v) is 12.5. The Labute approximate surface area is 215 Å². The molecule has 6 rings (SSSR count). The van der Waals surface area contributed by atoms with Crippen molar-refractivity contribution in [1.82, 2.24) is 15.3 Å². The van der Waals surface area contributed by atoms with Crippen LogP contribution in [0.3, 0.4) is 0 Å². The number of amides is 1. The molecule has 1 atom stereocenters. The molecule has 1 aromatic carbocycles. The fourth-order valence-electron chi connectivity index (χ4n) is 5.35. The van der Waals surface area contributed by atoms with E-state index in [1.54, 1.807) is 13.2 Å². The first kappa shape index (κ1) is 22.9. The van der Waals surface area contributed by atoms with Gasteiger partial charge in [-0.05, 0) is 36.4 Å². The van der Waals surface area contributed by atoms with Crippen LogP contribution in [0.1, 0.15) is 22.2 Å². The summed E-state index contributed by atoms with van der Waals surface area (Å²) in [7, 11) is 3.64. The van der Waals surface area contributed by atoms with Crippen LogP contribution in [0, 0.1) is 0 Å². The van der Waals surface area contributed by atoms with Crippen molar-refractivity contribution in [3.63, 3.8) is 0 Å². The number of benzene rings is 1. The van der Waals surface area contributed by atoms with E-state index in [1.165, 1.54) is 0 Å². The topological polar surface area (TPSA) is 96.6 Å². The number of rotatable bonds is 4. The molecule has 4 aliphatic rings. The molecule has 1 fully saturated rings. The third kappa shape index (κ3) is 4.02. The van der Waals surface area contributed by atoms with Gasteiger partial charge in [0.15, 0.2) is 0 Å². The standard InChI is InChI=1S/C28H29N7O2/c1-29-27(36)23-16-19(10-11-30-23)35-14-12-34(13-15-35)18-8-9-22-24(17-18)33(2)26(31-22)25-20-6-4-3-5-7-21(20)32-28(25)37/h3-11,16-17,26,31H,12-15H2,1-2H3,(H,29,36)(H,32,37). The molecule has 1 unspecified atom stereocenters. The van der Waals surface area contributed by atoms with Crippen molar-refractivity contribution in [1.29, 1.82) is 0 Å². The monoisotopic (exact) mass is 495 g/mol. The van der Waals surface area contributed by atoms with Crippen molar-refractivity contribution in [2.75, 3.05) is 60.3 Å². The Bertz CT molecular complexity index is 1490. The quantitative estimate of drug-likeness (QED) is 0.400. The van der Waals surface area contributed by atoms with Gasteiger partial charge >= 0.3 is 0 Å². The van der Waals surface area contributed by atoms with Crippen LogP contribution in [0.5, 0.6) is 0 Å². The van der Waals surface area contributed by atoms with Gasteiger partial charge in [0.25, 0.3) is 11.5 Å². The highest BCUT2D eigenvalue weighted by Gasteiger charge is 2.33. The number of aromatic amines is 1. The lowest BCUT2D eigenvalue weighted by atomic mass is 10.1. The number of fused-ring (bicyclic) bond motifs is 2. The maximum atomic E-state index is 12.9. The van der Waals surface area contributed by atoms with Gasteiger partial charge in [0.05, 0.1) is 16.9 Å². The summed E-state index contributed by atoms with van der Waals surface area (Å²) in [5.74, 6) is -0.180. The van der Waals surface area contributed by atoms with Crippen molar-refractivity contribution in [3.8, 4) is 11.3 Å². The van der Waals surface area contributed by atoms with E-state index in [4.69, 9.17) is 0 Å². The summed E-state index contributed by atoms with van der Waals surface area (Å²) >= 11 is 0. The minimum atomic E-state index is -0.244. The molecule has 0 saturated carbocycles. The highest BCUT2D eigenvalue weighted by molar-refractivity contribution is 5.93. The number of carbonyl (C=O) groups excluding carboxylic acids is 1. The van der Waals surface area contributed by atoms with Crippen molar-refractivity contribution < 1.29 is 4.79 Å². The van der Waals surface area contributed by atoms with Gasteiger partial charge in [-0.2, -0.15) is 0 Å². The van der Waals surface area contributed by atoms with Gasteiger partial charge in [-0.1, -0.05) is 24.3 Å². The van der Waals surface area contributed by atoms with Crippen LogP contribution < -0.4 is 30.9 Å². The molecule has 2 aromatic rings. The van der Waals surface area contributed by atoms with E-state index in [0.717, 1.165) is 65.7 Å². The lowest BCUT2D eigenvalue weighted by Crippen LogP contribution is -2.46. The predicted octanol–water partition coefficient (Wildman–Crippen LogP) is 3.12. The van der Waals surface area contributed by atoms with E-state index >= 15 is 0 Å². The summed E-state index contributed by atoms with van der Waals surface area (Å²) in [5, 5.41) is 6.18. The zero-order chi connectivity index (χ0) is 25.5. The summed E-state index contributed by atoms with van der Waals surface area (Å²) in [6, 6.07) is 20.0. The Hall–Kier alpha value is -4.53. The van der Waals surface area contributed by atoms with Crippen molar-refractivity contribution >= 4 is 28.7 Å². The maximum Gasteiger partial charge on any atom is 0.269 e. The van der Waals surface area contributed by atoms with Gasteiger partial charge in [-0.25, -0.2) is 0 Å². The Morgan fingerprint density at radius 1 is 0.973 bits per heavy atom. The summed E-state index contributed by atoms with van der Waals surface area (Å²) < 4.78 is 0. The van der Waals surface area contributed by atoms with Gasteiger partial charge < -0.3 is 30.3 Å². The van der Waals surface area contributed by atoms with Crippen LogP contribution in [0.2, 0.25) is 0 Å². The molecule has 0 radical (unpaired) electrons. The van der Waals surface area contributed by atoms with E-state index in [1.807, 2.05) is 49.5 Å². The second-order valence-corrected chi connectivity index (χ2v) is 9.42. The highest BCUT2D eigenvalue weighted by Crippen LogP contribution is 2.43. The minimum Gasteiger partial charge on any atom is -0.368 e. The smallest absolute Gasteiger partial charge is 0.269 e. The van der Waals surface area contributed by atoms with Crippen molar-refractivity contribution in [2.45, 2.75) is 6.17 Å². The first-order valence-electron chi connectivity index (χ1n) is 12.5. The lowest BCUT2D eigenvalue weighted by molar-refractivity contribution is 0.0958. The van der Waals surface area contributed by atoms with Gasteiger partial charge in [0.2, 0.25) is 0 Å². The fourth-order valence-corrected chi connectivity index (χ4v) is 5.35. The molecule has 1 saturated heterocycles. The number of hydrogen-bond donors (Lipinski definition) is 3. The van der Waals surface area contributed by atoms with Crippen LogP contribution in [0.25, 0.3) is 11.3 Å². The number of hydrogen-bond acceptors (Lipinski definition) is 7. The molecule has 0 spiro atoms. The summed E-state index contributed by atoms with van der Waals surface area (Å²) in [5.41, 5.74) is 7.11. The average molecular weight is 496 g/mol. The Morgan fingerprint density at radius 2 is 1.70 bits per heavy atom. The Kier molecular flexibility index (Phi) is 5.67. The van der Waals surface area contributed by atoms with E-state index in [2.05, 4.69) is 53.5 Å². The van der Waals surface area contributed by atoms with Crippen LogP contribution in [-0.4, -0.2) is 56.1 Å². The number of nitrogens with zero attached hydrogens (tertiary/aromatic N) is 4. The SMILES string of the molecule is CNC(=O)c1cc(N2CCN(c3ccc4c(c3)N(C)C(c3c5cccccc-5[nH]c3=O)N4)CC2)ccn1. The third-order valence-electron chi connectivity index (χ3n) is 7.35. The molecule has 0 bridgehead atoms. The molecule has 9 nitrogen and oxygen atoms in total. The summed E-state index contributed by atoms with van der Waals surface area (Å²) in [4.78, 5) is 38.9. The van der Waals surface area contributed by atoms with E-state index < -0.39 is 0 Å². The average Bonchev–Trinajstić information content (AvgIpc) is 3.31. The molecule has 3 aliphatic heterocycles. The minimum absolute atomic E-state index is 0.0645. The summed E-state index contributed by atoms with van der Waals surface area (Å²) in [6.45, 7) is 3.41. The van der Waals surface area contributed by atoms with Crippen LogP contribution in [0.4, 0.5) is 22.7 Å². The predicted molar refractivity (Wildman–Crippen MR) is 147 cm³/mol. The van der Waals surface area contributed by atoms with Crippen LogP contribution in [-0.2, 0) is 0 Å². The Balaban J connectivity index is 1.19. The number of carbonyl (C=O) groups is 1. The van der Waals surface area contributed by atoms with Crippen molar-refractivity contribution in [2.24, 2.45) is 0 Å². The summed E-state index contributed by atoms with van der Waals surface area (Å²) in [6.07, 6.45) is 1.44. The molecule has 1 amide bonds. The maximum absolute atomic E-state index is 12.9. The molecule has 1 aliphatic carbocycles. The molecular weight excluding hydrogens is 466 g/mol. The number of pyridine rings is 1. The molecule has 37 heavy (non-hydrogen) atoms.